The number of rotatable bonds is 5. The lowest BCUT2D eigenvalue weighted by Crippen LogP contribution is -2.27. The number of nitrogens with one attached hydrogen (secondary N) is 1. The summed E-state index contributed by atoms with van der Waals surface area (Å²) in [6.45, 7) is 1.79. The molecule has 21 heavy (non-hydrogen) atoms. The number of sulfonamides is 1. The van der Waals surface area contributed by atoms with Crippen LogP contribution in [-0.2, 0) is 10.0 Å². The fourth-order valence-electron chi connectivity index (χ4n) is 1.99. The number of benzene rings is 2. The van der Waals surface area contributed by atoms with E-state index in [4.69, 9.17) is 10.5 Å². The lowest BCUT2D eigenvalue weighted by molar-refractivity contribution is 0.416. The number of nitrogen functional groups attached to an aromatic ring is 1. The zero-order chi connectivity index (χ0) is 15.5. The Labute approximate surface area is 124 Å². The summed E-state index contributed by atoms with van der Waals surface area (Å²) in [7, 11) is -2.16. The maximum absolute atomic E-state index is 12.4. The SMILES string of the molecule is COc1ccc(S(=O)(=O)N[C@@H](C)c2ccccc2)cc1N. The van der Waals surface area contributed by atoms with Crippen LogP contribution in [0.25, 0.3) is 0 Å². The summed E-state index contributed by atoms with van der Waals surface area (Å²) < 4.78 is 32.4. The summed E-state index contributed by atoms with van der Waals surface area (Å²) >= 11 is 0. The van der Waals surface area contributed by atoms with Crippen molar-refractivity contribution in [3.05, 3.63) is 54.1 Å². The predicted molar refractivity (Wildman–Crippen MR) is 82.6 cm³/mol. The van der Waals surface area contributed by atoms with Crippen molar-refractivity contribution >= 4 is 15.7 Å². The van der Waals surface area contributed by atoms with Crippen molar-refractivity contribution in [2.45, 2.75) is 17.9 Å². The number of methoxy groups -OCH3 is 1. The lowest BCUT2D eigenvalue weighted by atomic mass is 10.1. The van der Waals surface area contributed by atoms with Gasteiger partial charge in [0, 0.05) is 6.04 Å². The molecule has 0 unspecified atom stereocenters. The molecule has 6 heteroatoms. The largest absolute Gasteiger partial charge is 0.495 e. The number of ether oxygens (including phenoxy) is 1. The molecule has 2 aromatic carbocycles. The topological polar surface area (TPSA) is 81.4 Å². The van der Waals surface area contributed by atoms with Gasteiger partial charge in [0.05, 0.1) is 17.7 Å². The maximum atomic E-state index is 12.4. The van der Waals surface area contributed by atoms with Crippen molar-refractivity contribution in [1.82, 2.24) is 4.72 Å². The Balaban J connectivity index is 2.24. The third kappa shape index (κ3) is 3.53. The summed E-state index contributed by atoms with van der Waals surface area (Å²) in [5.41, 5.74) is 6.93. The third-order valence-electron chi connectivity index (χ3n) is 3.14. The predicted octanol–water partition coefficient (Wildman–Crippen LogP) is 2.32. The minimum absolute atomic E-state index is 0.114. The molecule has 112 valence electrons. The highest BCUT2D eigenvalue weighted by Crippen LogP contribution is 2.25. The van der Waals surface area contributed by atoms with Gasteiger partial charge in [0.2, 0.25) is 10.0 Å². The number of nitrogens with two attached hydrogens (primary N) is 1. The van der Waals surface area contributed by atoms with E-state index in [1.807, 2.05) is 30.3 Å². The molecule has 0 bridgehead atoms. The standard InChI is InChI=1S/C15H18N2O3S/c1-11(12-6-4-3-5-7-12)17-21(18,19)13-8-9-15(20-2)14(16)10-13/h3-11,17H,16H2,1-2H3/t11-/m0/s1. The van der Waals surface area contributed by atoms with Crippen molar-refractivity contribution in [2.75, 3.05) is 12.8 Å². The summed E-state index contributed by atoms with van der Waals surface area (Å²) in [5.74, 6) is 0.449. The van der Waals surface area contributed by atoms with Crippen molar-refractivity contribution in [1.29, 1.82) is 0 Å². The number of hydrogen-bond donors (Lipinski definition) is 2. The van der Waals surface area contributed by atoms with E-state index >= 15 is 0 Å². The second kappa shape index (κ2) is 6.15. The van der Waals surface area contributed by atoms with Crippen LogP contribution in [0, 0.1) is 0 Å². The van der Waals surface area contributed by atoms with Gasteiger partial charge in [-0.15, -0.1) is 0 Å². The summed E-state index contributed by atoms with van der Waals surface area (Å²) in [4.78, 5) is 0.114. The van der Waals surface area contributed by atoms with Crippen molar-refractivity contribution < 1.29 is 13.2 Å². The fourth-order valence-corrected chi connectivity index (χ4v) is 3.26. The minimum Gasteiger partial charge on any atom is -0.495 e. The van der Waals surface area contributed by atoms with E-state index in [0.717, 1.165) is 5.56 Å². The molecular weight excluding hydrogens is 288 g/mol. The first kappa shape index (κ1) is 15.3. The zero-order valence-corrected chi connectivity index (χ0v) is 12.7. The number of hydrogen-bond acceptors (Lipinski definition) is 4. The second-order valence-corrected chi connectivity index (χ2v) is 6.37. The highest BCUT2D eigenvalue weighted by atomic mass is 32.2. The van der Waals surface area contributed by atoms with Crippen LogP contribution in [0.2, 0.25) is 0 Å². The van der Waals surface area contributed by atoms with Gasteiger partial charge in [-0.2, -0.15) is 0 Å². The molecular formula is C15H18N2O3S. The quantitative estimate of drug-likeness (QED) is 0.831. The monoisotopic (exact) mass is 306 g/mol. The molecule has 0 aliphatic carbocycles. The van der Waals surface area contributed by atoms with Gasteiger partial charge in [-0.25, -0.2) is 13.1 Å². The average molecular weight is 306 g/mol. The van der Waals surface area contributed by atoms with Crippen LogP contribution in [0.5, 0.6) is 5.75 Å². The van der Waals surface area contributed by atoms with Gasteiger partial charge in [0.1, 0.15) is 5.75 Å². The Hall–Kier alpha value is -2.05. The lowest BCUT2D eigenvalue weighted by Gasteiger charge is -2.15. The first-order chi connectivity index (χ1) is 9.94. The molecule has 0 aliphatic heterocycles. The molecule has 5 nitrogen and oxygen atoms in total. The summed E-state index contributed by atoms with van der Waals surface area (Å²) in [6, 6.07) is 13.4. The minimum atomic E-state index is -3.64. The Morgan fingerprint density at radius 1 is 1.14 bits per heavy atom. The fraction of sp³-hybridized carbons (Fsp3) is 0.200. The molecule has 1 atom stereocenters. The third-order valence-corrected chi connectivity index (χ3v) is 4.68. The van der Waals surface area contributed by atoms with Crippen LogP contribution >= 0.6 is 0 Å². The van der Waals surface area contributed by atoms with E-state index < -0.39 is 10.0 Å². The van der Waals surface area contributed by atoms with Gasteiger partial charge >= 0.3 is 0 Å². The first-order valence-electron chi connectivity index (χ1n) is 6.45. The molecule has 2 aromatic rings. The van der Waals surface area contributed by atoms with Crippen LogP contribution in [0.3, 0.4) is 0 Å². The van der Waals surface area contributed by atoms with Crippen LogP contribution < -0.4 is 15.2 Å². The molecule has 0 spiro atoms. The van der Waals surface area contributed by atoms with Crippen LogP contribution in [0.4, 0.5) is 5.69 Å². The smallest absolute Gasteiger partial charge is 0.241 e. The molecule has 0 heterocycles. The number of anilines is 1. The summed E-state index contributed by atoms with van der Waals surface area (Å²) in [5, 5.41) is 0. The van der Waals surface area contributed by atoms with Crippen LogP contribution in [-0.4, -0.2) is 15.5 Å². The Bertz CT molecular complexity index is 715. The van der Waals surface area contributed by atoms with E-state index in [9.17, 15) is 8.42 Å². The van der Waals surface area contributed by atoms with Crippen molar-refractivity contribution in [3.63, 3.8) is 0 Å². The van der Waals surface area contributed by atoms with Crippen molar-refractivity contribution in [2.24, 2.45) is 0 Å². The molecule has 0 amide bonds. The molecule has 0 saturated carbocycles. The summed E-state index contributed by atoms with van der Waals surface area (Å²) in [6.07, 6.45) is 0. The Morgan fingerprint density at radius 3 is 2.38 bits per heavy atom. The zero-order valence-electron chi connectivity index (χ0n) is 11.9. The second-order valence-electron chi connectivity index (χ2n) is 4.66. The van der Waals surface area contributed by atoms with E-state index in [2.05, 4.69) is 4.72 Å². The normalized spacial score (nSPS) is 12.9. The molecule has 0 aliphatic rings. The highest BCUT2D eigenvalue weighted by molar-refractivity contribution is 7.89. The Kier molecular flexibility index (Phi) is 4.50. The van der Waals surface area contributed by atoms with E-state index in [-0.39, 0.29) is 16.6 Å². The van der Waals surface area contributed by atoms with Crippen molar-refractivity contribution in [3.8, 4) is 5.75 Å². The van der Waals surface area contributed by atoms with Gasteiger partial charge in [-0.3, -0.25) is 0 Å². The molecule has 0 saturated heterocycles. The molecule has 2 rings (SSSR count). The Morgan fingerprint density at radius 2 is 1.81 bits per heavy atom. The maximum Gasteiger partial charge on any atom is 0.241 e. The van der Waals surface area contributed by atoms with Gasteiger partial charge in [-0.1, -0.05) is 30.3 Å². The first-order valence-corrected chi connectivity index (χ1v) is 7.93. The van der Waals surface area contributed by atoms with E-state index in [1.165, 1.54) is 25.3 Å². The molecule has 0 fully saturated rings. The van der Waals surface area contributed by atoms with Crippen LogP contribution in [0.1, 0.15) is 18.5 Å². The van der Waals surface area contributed by atoms with Gasteiger partial charge in [-0.05, 0) is 30.7 Å². The van der Waals surface area contributed by atoms with Gasteiger partial charge in [0.15, 0.2) is 0 Å². The van der Waals surface area contributed by atoms with E-state index in [1.54, 1.807) is 6.92 Å². The molecule has 0 aromatic heterocycles. The van der Waals surface area contributed by atoms with Gasteiger partial charge in [0.25, 0.3) is 0 Å². The van der Waals surface area contributed by atoms with Gasteiger partial charge < -0.3 is 10.5 Å². The molecule has 0 radical (unpaired) electrons. The molecule has 3 N–H and O–H groups in total. The highest BCUT2D eigenvalue weighted by Gasteiger charge is 2.19. The van der Waals surface area contributed by atoms with Crippen LogP contribution in [0.15, 0.2) is 53.4 Å². The average Bonchev–Trinajstić information content (AvgIpc) is 2.47. The van der Waals surface area contributed by atoms with E-state index in [0.29, 0.717) is 5.75 Å².